The zero-order valence-corrected chi connectivity index (χ0v) is 19.4. The van der Waals surface area contributed by atoms with Crippen molar-refractivity contribution in [2.45, 2.75) is 97.2 Å². The van der Waals surface area contributed by atoms with Crippen LogP contribution in [0.1, 0.15) is 67.2 Å². The van der Waals surface area contributed by atoms with Crippen molar-refractivity contribution in [3.8, 4) is 0 Å². The first-order chi connectivity index (χ1) is 14.2. The average Bonchev–Trinajstić information content (AvgIpc) is 2.87. The molecule has 0 spiro atoms. The number of aliphatic hydroxyl groups excluding tert-OH is 2. The van der Waals surface area contributed by atoms with E-state index in [0.29, 0.717) is 42.4 Å². The Morgan fingerprint density at radius 2 is 1.71 bits per heavy atom. The second-order valence-corrected chi connectivity index (χ2v) is 10.4. The predicted molar refractivity (Wildman–Crippen MR) is 114 cm³/mol. The number of fused-ring (bicyclic) bond motifs is 2. The number of rotatable bonds is 3. The highest BCUT2D eigenvalue weighted by Crippen LogP contribution is 2.64. The first-order valence-corrected chi connectivity index (χ1v) is 11.0. The van der Waals surface area contributed by atoms with E-state index in [1.165, 1.54) is 13.8 Å². The van der Waals surface area contributed by atoms with Gasteiger partial charge in [0.15, 0.2) is 0 Å². The number of aliphatic hydroxyl groups is 3. The van der Waals surface area contributed by atoms with E-state index in [1.54, 1.807) is 20.8 Å². The Morgan fingerprint density at radius 3 is 2.23 bits per heavy atom. The highest BCUT2D eigenvalue weighted by atomic mass is 16.6. The first-order valence-electron chi connectivity index (χ1n) is 11.0. The fourth-order valence-electron chi connectivity index (χ4n) is 6.41. The molecule has 7 atom stereocenters. The van der Waals surface area contributed by atoms with Crippen LogP contribution in [0.5, 0.6) is 0 Å². The van der Waals surface area contributed by atoms with Crippen molar-refractivity contribution in [3.63, 3.8) is 0 Å². The second kappa shape index (κ2) is 7.71. The van der Waals surface area contributed by atoms with Crippen molar-refractivity contribution in [1.82, 2.24) is 0 Å². The van der Waals surface area contributed by atoms with Crippen LogP contribution < -0.4 is 0 Å². The van der Waals surface area contributed by atoms with Gasteiger partial charge < -0.3 is 24.8 Å². The second-order valence-electron chi connectivity index (χ2n) is 10.4. The van der Waals surface area contributed by atoms with Gasteiger partial charge in [0, 0.05) is 31.1 Å². The van der Waals surface area contributed by atoms with Gasteiger partial charge in [-0.1, -0.05) is 13.5 Å². The molecule has 0 heterocycles. The number of hydrogen-bond acceptors (Lipinski definition) is 7. The van der Waals surface area contributed by atoms with Gasteiger partial charge in [-0.2, -0.15) is 0 Å². The maximum absolute atomic E-state index is 12.1. The lowest BCUT2D eigenvalue weighted by Crippen LogP contribution is -2.51. The molecule has 0 aliphatic heterocycles. The number of carbonyl (C=O) groups excluding carboxylic acids is 2. The molecule has 7 heteroatoms. The van der Waals surface area contributed by atoms with Crippen LogP contribution >= 0.6 is 0 Å². The van der Waals surface area contributed by atoms with Gasteiger partial charge in [0.25, 0.3) is 0 Å². The molecule has 0 saturated heterocycles. The Bertz CT molecular complexity index is 822. The van der Waals surface area contributed by atoms with Crippen LogP contribution in [0.2, 0.25) is 0 Å². The summed E-state index contributed by atoms with van der Waals surface area (Å²) in [5.41, 5.74) is -1.04. The molecular weight excluding hydrogens is 400 g/mol. The molecule has 0 amide bonds. The molecule has 7 unspecified atom stereocenters. The van der Waals surface area contributed by atoms with Crippen LogP contribution in [0.15, 0.2) is 23.3 Å². The Kier molecular flexibility index (Phi) is 5.96. The lowest BCUT2D eigenvalue weighted by atomic mass is 9.57. The summed E-state index contributed by atoms with van der Waals surface area (Å²) in [5, 5.41) is 33.7. The Labute approximate surface area is 184 Å². The number of esters is 2. The van der Waals surface area contributed by atoms with Gasteiger partial charge in [0.2, 0.25) is 0 Å². The van der Waals surface area contributed by atoms with Crippen LogP contribution in [-0.2, 0) is 19.1 Å². The lowest BCUT2D eigenvalue weighted by molar-refractivity contribution is -0.166. The molecule has 0 aromatic carbocycles. The average molecular weight is 437 g/mol. The third kappa shape index (κ3) is 3.64. The summed E-state index contributed by atoms with van der Waals surface area (Å²) in [4.78, 5) is 23.8. The molecule has 2 fully saturated rings. The minimum Gasteiger partial charge on any atom is -0.459 e. The summed E-state index contributed by atoms with van der Waals surface area (Å²) in [5.74, 6) is -1.27. The van der Waals surface area contributed by atoms with Gasteiger partial charge in [-0.15, -0.1) is 0 Å². The maximum atomic E-state index is 12.1. The van der Waals surface area contributed by atoms with Crippen LogP contribution in [0.4, 0.5) is 0 Å². The Morgan fingerprint density at radius 1 is 1.13 bits per heavy atom. The fraction of sp³-hybridized carbons (Fsp3) is 0.750. The third-order valence-corrected chi connectivity index (χ3v) is 8.14. The molecule has 0 aromatic rings. The monoisotopic (exact) mass is 436 g/mol. The van der Waals surface area contributed by atoms with E-state index in [0.717, 1.165) is 0 Å². The summed E-state index contributed by atoms with van der Waals surface area (Å²) in [6, 6.07) is 0. The Balaban J connectivity index is 2.27. The summed E-state index contributed by atoms with van der Waals surface area (Å²) < 4.78 is 11.3. The number of carbonyl (C=O) groups is 2. The van der Waals surface area contributed by atoms with Gasteiger partial charge >= 0.3 is 11.9 Å². The molecule has 2 saturated carbocycles. The summed E-state index contributed by atoms with van der Waals surface area (Å²) in [6.45, 7) is 13.9. The smallest absolute Gasteiger partial charge is 0.303 e. The van der Waals surface area contributed by atoms with Gasteiger partial charge in [-0.05, 0) is 62.7 Å². The van der Waals surface area contributed by atoms with Crippen molar-refractivity contribution in [2.75, 3.05) is 0 Å². The molecule has 0 radical (unpaired) electrons. The van der Waals surface area contributed by atoms with Crippen molar-refractivity contribution in [3.05, 3.63) is 23.3 Å². The molecule has 3 aliphatic carbocycles. The van der Waals surface area contributed by atoms with Crippen LogP contribution in [0, 0.1) is 16.7 Å². The van der Waals surface area contributed by atoms with E-state index in [-0.39, 0.29) is 5.92 Å². The molecule has 7 nitrogen and oxygen atoms in total. The minimum absolute atomic E-state index is 0.303. The van der Waals surface area contributed by atoms with E-state index < -0.39 is 52.8 Å². The highest BCUT2D eigenvalue weighted by molar-refractivity contribution is 5.67. The predicted octanol–water partition coefficient (Wildman–Crippen LogP) is 2.43. The number of hydrogen-bond donors (Lipinski definition) is 3. The van der Waals surface area contributed by atoms with E-state index in [4.69, 9.17) is 9.47 Å². The van der Waals surface area contributed by atoms with Crippen LogP contribution in [-0.4, -0.2) is 57.3 Å². The van der Waals surface area contributed by atoms with Crippen molar-refractivity contribution < 1.29 is 34.4 Å². The van der Waals surface area contributed by atoms with E-state index in [9.17, 15) is 24.9 Å². The fourth-order valence-corrected chi connectivity index (χ4v) is 6.41. The largest absolute Gasteiger partial charge is 0.459 e. The maximum Gasteiger partial charge on any atom is 0.303 e. The molecule has 0 bridgehead atoms. The summed E-state index contributed by atoms with van der Waals surface area (Å²) in [6.07, 6.45) is -1.69. The van der Waals surface area contributed by atoms with Crippen molar-refractivity contribution in [2.24, 2.45) is 16.7 Å². The molecule has 3 aliphatic rings. The quantitative estimate of drug-likeness (QED) is 0.460. The lowest BCUT2D eigenvalue weighted by Gasteiger charge is -2.50. The zero-order chi connectivity index (χ0) is 23.5. The van der Waals surface area contributed by atoms with Gasteiger partial charge in [-0.3, -0.25) is 9.59 Å². The van der Waals surface area contributed by atoms with Gasteiger partial charge in [-0.25, -0.2) is 0 Å². The topological polar surface area (TPSA) is 113 Å². The van der Waals surface area contributed by atoms with Crippen molar-refractivity contribution in [1.29, 1.82) is 0 Å². The van der Waals surface area contributed by atoms with E-state index >= 15 is 0 Å². The summed E-state index contributed by atoms with van der Waals surface area (Å²) in [7, 11) is 0. The van der Waals surface area contributed by atoms with Gasteiger partial charge in [0.05, 0.1) is 11.7 Å². The third-order valence-electron chi connectivity index (χ3n) is 8.14. The van der Waals surface area contributed by atoms with Crippen LogP contribution in [0.25, 0.3) is 0 Å². The molecular formula is C24H36O7. The minimum atomic E-state index is -1.28. The normalized spacial score (nSPS) is 40.7. The molecule has 3 rings (SSSR count). The van der Waals surface area contributed by atoms with Crippen molar-refractivity contribution >= 4 is 11.9 Å². The standard InChI is InChI=1S/C24H36O7/c1-12-16-10-24(22(5,6)29)11-18(30-14(3)25)13(2)19(24)20(28)21(31-15(4)26)23(16,7)9-8-17(12)27/h16-18,20-21,27-29H,1,8-11H2,2-7H3. The van der Waals surface area contributed by atoms with Gasteiger partial charge in [0.1, 0.15) is 18.3 Å². The Hall–Kier alpha value is -1.70. The highest BCUT2D eigenvalue weighted by Gasteiger charge is 2.65. The molecule has 174 valence electrons. The zero-order valence-electron chi connectivity index (χ0n) is 19.4. The molecule has 31 heavy (non-hydrogen) atoms. The number of ether oxygens (including phenoxy) is 2. The van der Waals surface area contributed by atoms with E-state index in [2.05, 4.69) is 6.58 Å². The van der Waals surface area contributed by atoms with Crippen LogP contribution in [0.3, 0.4) is 0 Å². The van der Waals surface area contributed by atoms with E-state index in [1.807, 2.05) is 6.92 Å². The summed E-state index contributed by atoms with van der Waals surface area (Å²) >= 11 is 0. The SMILES string of the molecule is C=C1C(O)CCC2(C)C1CC1(C(C)(C)O)CC(OC(C)=O)C(C)=C1C(O)C2OC(C)=O. The molecule has 0 aromatic heterocycles. The first kappa shape index (κ1) is 24.0. The molecule has 3 N–H and O–H groups in total.